The lowest BCUT2D eigenvalue weighted by molar-refractivity contribution is 0.0948. The number of carbonyl (C=O) groups excluding carboxylic acids is 1. The molecule has 2 atom stereocenters. The zero-order chi connectivity index (χ0) is 20.8. The molecule has 3 aromatic rings. The van der Waals surface area contributed by atoms with Crippen molar-refractivity contribution in [1.29, 1.82) is 0 Å². The van der Waals surface area contributed by atoms with Crippen LogP contribution in [0.2, 0.25) is 0 Å². The molecule has 2 aliphatic rings. The summed E-state index contributed by atoms with van der Waals surface area (Å²) >= 11 is 0. The zero-order valence-electron chi connectivity index (χ0n) is 16.6. The van der Waals surface area contributed by atoms with Crippen molar-refractivity contribution in [3.8, 4) is 11.6 Å². The summed E-state index contributed by atoms with van der Waals surface area (Å²) in [5.74, 6) is 0.803. The number of carbonyl (C=O) groups is 1. The van der Waals surface area contributed by atoms with E-state index in [2.05, 4.69) is 15.4 Å². The van der Waals surface area contributed by atoms with Gasteiger partial charge in [0, 0.05) is 18.5 Å². The molecule has 156 valence electrons. The van der Waals surface area contributed by atoms with Crippen LogP contribution in [0.3, 0.4) is 0 Å². The summed E-state index contributed by atoms with van der Waals surface area (Å²) < 4.78 is 27.4. The second kappa shape index (κ2) is 7.12. The highest BCUT2D eigenvalue weighted by atomic mass is 19.1. The van der Waals surface area contributed by atoms with E-state index in [4.69, 9.17) is 14.5 Å². The number of aromatic nitrogens is 4. The number of nitrogens with zero attached hydrogens (tertiary/aromatic N) is 5. The fourth-order valence-electron chi connectivity index (χ4n) is 3.70. The van der Waals surface area contributed by atoms with Crippen LogP contribution < -0.4 is 19.7 Å². The number of amides is 1. The Bertz CT molecular complexity index is 1130. The van der Waals surface area contributed by atoms with Gasteiger partial charge in [-0.3, -0.25) is 4.79 Å². The number of fused-ring (bicyclic) bond motifs is 1. The molecule has 1 amide bonds. The van der Waals surface area contributed by atoms with Crippen LogP contribution in [0.1, 0.15) is 36.2 Å². The molecule has 0 radical (unpaired) electrons. The average molecular weight is 412 g/mol. The summed E-state index contributed by atoms with van der Waals surface area (Å²) in [6, 6.07) is 1.40. The third-order valence-corrected chi connectivity index (χ3v) is 5.35. The van der Waals surface area contributed by atoms with E-state index in [0.29, 0.717) is 60.3 Å². The van der Waals surface area contributed by atoms with Crippen LogP contribution in [0, 0.1) is 5.82 Å². The molecular weight excluding hydrogens is 391 g/mol. The van der Waals surface area contributed by atoms with Gasteiger partial charge >= 0.3 is 0 Å². The maximum atomic E-state index is 14.0. The highest BCUT2D eigenvalue weighted by Crippen LogP contribution is 2.35. The number of ether oxygens (including phenoxy) is 2. The van der Waals surface area contributed by atoms with Gasteiger partial charge in [-0.15, -0.1) is 0 Å². The van der Waals surface area contributed by atoms with E-state index in [1.807, 2.05) is 18.7 Å². The number of halogens is 1. The number of nitrogens with one attached hydrogen (secondary N) is 1. The summed E-state index contributed by atoms with van der Waals surface area (Å²) in [6.07, 6.45) is 4.71. The SMILES string of the molecule is C[C@@H]1COc2cn3ncc4c3nc2N1Cc1cc(F)cnc1O[C@@H](C)CCNC4=O. The van der Waals surface area contributed by atoms with Crippen LogP contribution in [0.5, 0.6) is 11.6 Å². The molecule has 0 fully saturated rings. The predicted octanol–water partition coefficient (Wildman–Crippen LogP) is 1.95. The lowest BCUT2D eigenvalue weighted by Crippen LogP contribution is -2.41. The molecule has 5 heterocycles. The standard InChI is InChI=1S/C20H21FN6O3/c1-11-10-29-16-9-27-17-15(7-24-27)19(28)22-4-3-12(2)30-20-13(5-14(21)6-23-20)8-26(11)18(16)25-17/h5-7,9,11-12H,3-4,8,10H2,1-2H3,(H,22,28)/t11-,12+/m1/s1. The molecule has 0 saturated heterocycles. The van der Waals surface area contributed by atoms with Gasteiger partial charge in [-0.2, -0.15) is 5.10 Å². The molecule has 1 N–H and O–H groups in total. The van der Waals surface area contributed by atoms with Gasteiger partial charge in [-0.05, 0) is 19.9 Å². The van der Waals surface area contributed by atoms with Crippen LogP contribution >= 0.6 is 0 Å². The monoisotopic (exact) mass is 412 g/mol. The minimum atomic E-state index is -0.430. The smallest absolute Gasteiger partial charge is 0.256 e. The Morgan fingerprint density at radius 3 is 3.03 bits per heavy atom. The predicted molar refractivity (Wildman–Crippen MR) is 105 cm³/mol. The quantitative estimate of drug-likeness (QED) is 0.603. The van der Waals surface area contributed by atoms with Gasteiger partial charge in [-0.25, -0.2) is 18.9 Å². The van der Waals surface area contributed by atoms with E-state index in [-0.39, 0.29) is 18.1 Å². The summed E-state index contributed by atoms with van der Waals surface area (Å²) in [5.41, 5.74) is 1.45. The fraction of sp³-hybridized carbons (Fsp3) is 0.400. The Kier molecular flexibility index (Phi) is 4.41. The number of hydrogen-bond acceptors (Lipinski definition) is 7. The topological polar surface area (TPSA) is 93.9 Å². The molecule has 0 aliphatic carbocycles. The molecule has 2 bridgehead atoms. The van der Waals surface area contributed by atoms with Crippen LogP contribution in [0.15, 0.2) is 24.7 Å². The Balaban J connectivity index is 1.67. The Morgan fingerprint density at radius 1 is 1.30 bits per heavy atom. The minimum absolute atomic E-state index is 0.0332. The lowest BCUT2D eigenvalue weighted by atomic mass is 10.1. The number of rotatable bonds is 0. The number of hydrogen-bond donors (Lipinski definition) is 1. The lowest BCUT2D eigenvalue weighted by Gasteiger charge is -2.36. The highest BCUT2D eigenvalue weighted by molar-refractivity contribution is 5.99. The molecule has 3 aromatic heterocycles. The van der Waals surface area contributed by atoms with Crippen LogP contribution in [-0.4, -0.2) is 50.8 Å². The summed E-state index contributed by atoms with van der Waals surface area (Å²) in [6.45, 7) is 5.07. The van der Waals surface area contributed by atoms with Crippen molar-refractivity contribution < 1.29 is 18.7 Å². The fourth-order valence-corrected chi connectivity index (χ4v) is 3.70. The molecule has 5 rings (SSSR count). The van der Waals surface area contributed by atoms with Crippen molar-refractivity contribution in [2.75, 3.05) is 18.1 Å². The second-order valence-corrected chi connectivity index (χ2v) is 7.63. The normalized spacial score (nSPS) is 21.4. The van der Waals surface area contributed by atoms with Crippen molar-refractivity contribution in [3.63, 3.8) is 0 Å². The van der Waals surface area contributed by atoms with E-state index in [1.54, 1.807) is 6.20 Å². The highest BCUT2D eigenvalue weighted by Gasteiger charge is 2.30. The number of pyridine rings is 1. The first-order valence-electron chi connectivity index (χ1n) is 9.86. The van der Waals surface area contributed by atoms with E-state index in [1.165, 1.54) is 16.8 Å². The maximum Gasteiger partial charge on any atom is 0.256 e. The van der Waals surface area contributed by atoms with Gasteiger partial charge in [0.25, 0.3) is 5.91 Å². The van der Waals surface area contributed by atoms with E-state index >= 15 is 0 Å². The molecule has 2 aliphatic heterocycles. The molecule has 0 spiro atoms. The molecule has 0 saturated carbocycles. The Labute approximate surface area is 171 Å². The largest absolute Gasteiger partial charge is 0.486 e. The third-order valence-electron chi connectivity index (χ3n) is 5.35. The summed E-state index contributed by atoms with van der Waals surface area (Å²) in [5, 5.41) is 7.13. The molecular formula is C20H21FN6O3. The molecule has 0 unspecified atom stereocenters. The van der Waals surface area contributed by atoms with Crippen LogP contribution in [0.25, 0.3) is 5.65 Å². The zero-order valence-corrected chi connectivity index (χ0v) is 16.6. The van der Waals surface area contributed by atoms with Crippen molar-refractivity contribution in [2.45, 2.75) is 39.0 Å². The number of anilines is 1. The van der Waals surface area contributed by atoms with Crippen LogP contribution in [0.4, 0.5) is 10.2 Å². The first-order chi connectivity index (χ1) is 14.5. The van der Waals surface area contributed by atoms with Crippen molar-refractivity contribution in [3.05, 3.63) is 41.6 Å². The van der Waals surface area contributed by atoms with Crippen molar-refractivity contribution in [2.24, 2.45) is 0 Å². The summed E-state index contributed by atoms with van der Waals surface area (Å²) in [7, 11) is 0. The first kappa shape index (κ1) is 18.6. The molecule has 9 nitrogen and oxygen atoms in total. The van der Waals surface area contributed by atoms with Gasteiger partial charge in [0.2, 0.25) is 5.88 Å². The van der Waals surface area contributed by atoms with Gasteiger partial charge in [0.1, 0.15) is 18.0 Å². The van der Waals surface area contributed by atoms with Gasteiger partial charge in [0.05, 0.1) is 37.3 Å². The van der Waals surface area contributed by atoms with Gasteiger partial charge in [0.15, 0.2) is 17.2 Å². The van der Waals surface area contributed by atoms with E-state index in [9.17, 15) is 9.18 Å². The summed E-state index contributed by atoms with van der Waals surface area (Å²) in [4.78, 5) is 23.6. The van der Waals surface area contributed by atoms with Crippen molar-refractivity contribution in [1.82, 2.24) is 24.9 Å². The van der Waals surface area contributed by atoms with Gasteiger partial charge in [-0.1, -0.05) is 0 Å². The maximum absolute atomic E-state index is 14.0. The minimum Gasteiger partial charge on any atom is -0.486 e. The molecule has 10 heteroatoms. The Morgan fingerprint density at radius 2 is 2.17 bits per heavy atom. The molecule has 0 aromatic carbocycles. The van der Waals surface area contributed by atoms with E-state index in [0.717, 1.165) is 6.20 Å². The van der Waals surface area contributed by atoms with Gasteiger partial charge < -0.3 is 19.7 Å². The average Bonchev–Trinajstić information content (AvgIpc) is 3.13. The van der Waals surface area contributed by atoms with Crippen LogP contribution in [-0.2, 0) is 6.54 Å². The first-order valence-corrected chi connectivity index (χ1v) is 9.86. The second-order valence-electron chi connectivity index (χ2n) is 7.63. The molecule has 30 heavy (non-hydrogen) atoms. The van der Waals surface area contributed by atoms with Crippen molar-refractivity contribution >= 4 is 17.4 Å². The third kappa shape index (κ3) is 3.17. The Hall–Kier alpha value is -3.43. The van der Waals surface area contributed by atoms with E-state index < -0.39 is 5.82 Å².